The SMILES string of the molecule is COc1cc(C)ccc1NCc1[nH]c2ccccc2c1Cl. The van der Waals surface area contributed by atoms with Gasteiger partial charge in [-0.3, -0.25) is 0 Å². The van der Waals surface area contributed by atoms with E-state index in [0.717, 1.165) is 33.1 Å². The van der Waals surface area contributed by atoms with Gasteiger partial charge in [-0.25, -0.2) is 0 Å². The van der Waals surface area contributed by atoms with E-state index in [1.165, 1.54) is 5.56 Å². The quantitative estimate of drug-likeness (QED) is 0.729. The normalized spacial score (nSPS) is 10.8. The summed E-state index contributed by atoms with van der Waals surface area (Å²) in [6.07, 6.45) is 0. The van der Waals surface area contributed by atoms with Gasteiger partial charge < -0.3 is 15.0 Å². The third-order valence-electron chi connectivity index (χ3n) is 3.53. The van der Waals surface area contributed by atoms with Crippen molar-refractivity contribution in [2.75, 3.05) is 12.4 Å². The number of aromatic amines is 1. The van der Waals surface area contributed by atoms with Crippen LogP contribution in [0.25, 0.3) is 10.9 Å². The minimum atomic E-state index is 0.618. The third kappa shape index (κ3) is 2.69. The van der Waals surface area contributed by atoms with Crippen LogP contribution in [0, 0.1) is 6.92 Å². The largest absolute Gasteiger partial charge is 0.495 e. The molecule has 0 atom stereocenters. The Morgan fingerprint density at radius 2 is 2.00 bits per heavy atom. The number of hydrogen-bond acceptors (Lipinski definition) is 2. The second-order valence-corrected chi connectivity index (χ2v) is 5.40. The molecule has 2 N–H and O–H groups in total. The Kier molecular flexibility index (Phi) is 3.76. The molecular weight excluding hydrogens is 284 g/mol. The highest BCUT2D eigenvalue weighted by Crippen LogP contribution is 2.29. The standard InChI is InChI=1S/C17H17ClN2O/c1-11-7-8-14(16(9-11)21-2)19-10-15-17(18)12-5-3-4-6-13(12)20-15/h3-9,19-20H,10H2,1-2H3. The van der Waals surface area contributed by atoms with Crippen molar-refractivity contribution in [2.24, 2.45) is 0 Å². The second kappa shape index (κ2) is 5.70. The predicted octanol–water partition coefficient (Wildman–Crippen LogP) is 4.75. The number of nitrogens with one attached hydrogen (secondary N) is 2. The summed E-state index contributed by atoms with van der Waals surface area (Å²) in [7, 11) is 1.68. The number of halogens is 1. The van der Waals surface area contributed by atoms with Gasteiger partial charge in [0.05, 0.1) is 30.1 Å². The monoisotopic (exact) mass is 300 g/mol. The summed E-state index contributed by atoms with van der Waals surface area (Å²) in [6, 6.07) is 14.1. The summed E-state index contributed by atoms with van der Waals surface area (Å²) in [5.74, 6) is 0.835. The van der Waals surface area contributed by atoms with Crippen LogP contribution in [0.1, 0.15) is 11.3 Å². The molecule has 2 aromatic carbocycles. The Hall–Kier alpha value is -2.13. The fraction of sp³-hybridized carbons (Fsp3) is 0.176. The molecule has 0 aliphatic carbocycles. The smallest absolute Gasteiger partial charge is 0.142 e. The number of aromatic nitrogens is 1. The maximum absolute atomic E-state index is 6.42. The molecule has 3 rings (SSSR count). The first-order valence-electron chi connectivity index (χ1n) is 6.82. The fourth-order valence-electron chi connectivity index (χ4n) is 2.41. The minimum Gasteiger partial charge on any atom is -0.495 e. The lowest BCUT2D eigenvalue weighted by atomic mass is 10.2. The lowest BCUT2D eigenvalue weighted by molar-refractivity contribution is 0.416. The van der Waals surface area contributed by atoms with E-state index in [9.17, 15) is 0 Å². The van der Waals surface area contributed by atoms with E-state index >= 15 is 0 Å². The molecule has 3 aromatic rings. The van der Waals surface area contributed by atoms with E-state index in [2.05, 4.69) is 16.4 Å². The Bertz CT molecular complexity index is 780. The second-order valence-electron chi connectivity index (χ2n) is 5.02. The van der Waals surface area contributed by atoms with Crippen LogP contribution in [0.5, 0.6) is 5.75 Å². The first-order chi connectivity index (χ1) is 10.2. The van der Waals surface area contributed by atoms with Crippen molar-refractivity contribution in [3.05, 3.63) is 58.7 Å². The zero-order valence-electron chi connectivity index (χ0n) is 12.0. The van der Waals surface area contributed by atoms with Crippen molar-refractivity contribution < 1.29 is 4.74 Å². The van der Waals surface area contributed by atoms with Gasteiger partial charge >= 0.3 is 0 Å². The van der Waals surface area contributed by atoms with E-state index < -0.39 is 0 Å². The Morgan fingerprint density at radius 1 is 1.19 bits per heavy atom. The van der Waals surface area contributed by atoms with E-state index in [4.69, 9.17) is 16.3 Å². The number of aryl methyl sites for hydroxylation is 1. The van der Waals surface area contributed by atoms with Gasteiger partial charge in [0, 0.05) is 10.9 Å². The number of ether oxygens (including phenoxy) is 1. The fourth-order valence-corrected chi connectivity index (χ4v) is 2.69. The number of para-hydroxylation sites is 1. The molecule has 0 fully saturated rings. The van der Waals surface area contributed by atoms with Gasteiger partial charge in [-0.2, -0.15) is 0 Å². The van der Waals surface area contributed by atoms with Crippen molar-refractivity contribution in [3.8, 4) is 5.75 Å². The average Bonchev–Trinajstić information content (AvgIpc) is 2.83. The number of rotatable bonds is 4. The van der Waals surface area contributed by atoms with Crippen molar-refractivity contribution in [1.82, 2.24) is 4.98 Å². The maximum Gasteiger partial charge on any atom is 0.142 e. The van der Waals surface area contributed by atoms with E-state index in [1.807, 2.05) is 43.3 Å². The van der Waals surface area contributed by atoms with E-state index in [0.29, 0.717) is 6.54 Å². The Morgan fingerprint density at radius 3 is 2.76 bits per heavy atom. The zero-order chi connectivity index (χ0) is 14.8. The lowest BCUT2D eigenvalue weighted by Crippen LogP contribution is -2.02. The van der Waals surface area contributed by atoms with Crippen molar-refractivity contribution in [3.63, 3.8) is 0 Å². The topological polar surface area (TPSA) is 37.0 Å². The van der Waals surface area contributed by atoms with Crippen LogP contribution in [0.15, 0.2) is 42.5 Å². The minimum absolute atomic E-state index is 0.618. The number of hydrogen-bond donors (Lipinski definition) is 2. The van der Waals surface area contributed by atoms with E-state index in [-0.39, 0.29) is 0 Å². The van der Waals surface area contributed by atoms with Crippen LogP contribution in [0.2, 0.25) is 5.02 Å². The molecule has 108 valence electrons. The molecule has 0 bridgehead atoms. The number of benzene rings is 2. The Labute approximate surface area is 128 Å². The summed E-state index contributed by atoms with van der Waals surface area (Å²) in [4.78, 5) is 3.35. The van der Waals surface area contributed by atoms with Crippen molar-refractivity contribution in [1.29, 1.82) is 0 Å². The molecule has 0 saturated carbocycles. The average molecular weight is 301 g/mol. The van der Waals surface area contributed by atoms with Crippen LogP contribution < -0.4 is 10.1 Å². The molecule has 0 spiro atoms. The van der Waals surface area contributed by atoms with Crippen LogP contribution in [0.4, 0.5) is 5.69 Å². The van der Waals surface area contributed by atoms with Crippen LogP contribution in [0.3, 0.4) is 0 Å². The predicted molar refractivity (Wildman–Crippen MR) is 88.4 cm³/mol. The molecule has 0 aliphatic heterocycles. The molecule has 0 aliphatic rings. The summed E-state index contributed by atoms with van der Waals surface area (Å²) >= 11 is 6.42. The molecule has 4 heteroatoms. The molecule has 3 nitrogen and oxygen atoms in total. The van der Waals surface area contributed by atoms with Crippen LogP contribution in [-0.2, 0) is 6.54 Å². The number of H-pyrrole nitrogens is 1. The molecule has 1 aromatic heterocycles. The van der Waals surface area contributed by atoms with Gasteiger partial charge in [0.15, 0.2) is 0 Å². The van der Waals surface area contributed by atoms with Gasteiger partial charge in [-0.05, 0) is 30.7 Å². The van der Waals surface area contributed by atoms with Gasteiger partial charge in [0.25, 0.3) is 0 Å². The third-order valence-corrected chi connectivity index (χ3v) is 3.96. The molecule has 0 radical (unpaired) electrons. The summed E-state index contributed by atoms with van der Waals surface area (Å²) in [6.45, 7) is 2.66. The number of anilines is 1. The summed E-state index contributed by atoms with van der Waals surface area (Å²) < 4.78 is 5.40. The van der Waals surface area contributed by atoms with Gasteiger partial charge in [-0.1, -0.05) is 35.9 Å². The van der Waals surface area contributed by atoms with Crippen LogP contribution >= 0.6 is 11.6 Å². The van der Waals surface area contributed by atoms with Gasteiger partial charge in [0.2, 0.25) is 0 Å². The molecule has 21 heavy (non-hydrogen) atoms. The van der Waals surface area contributed by atoms with Crippen molar-refractivity contribution in [2.45, 2.75) is 13.5 Å². The lowest BCUT2D eigenvalue weighted by Gasteiger charge is -2.11. The molecule has 1 heterocycles. The molecular formula is C17H17ClN2O. The summed E-state index contributed by atoms with van der Waals surface area (Å²) in [5, 5.41) is 5.18. The first-order valence-corrected chi connectivity index (χ1v) is 7.20. The first kappa shape index (κ1) is 13.8. The zero-order valence-corrected chi connectivity index (χ0v) is 12.8. The van der Waals surface area contributed by atoms with Crippen molar-refractivity contribution >= 4 is 28.2 Å². The highest BCUT2D eigenvalue weighted by Gasteiger charge is 2.09. The number of fused-ring (bicyclic) bond motifs is 1. The number of methoxy groups -OCH3 is 1. The van der Waals surface area contributed by atoms with Gasteiger partial charge in [0.1, 0.15) is 5.75 Å². The van der Waals surface area contributed by atoms with Gasteiger partial charge in [-0.15, -0.1) is 0 Å². The molecule has 0 unspecified atom stereocenters. The molecule has 0 amide bonds. The molecule has 0 saturated heterocycles. The maximum atomic E-state index is 6.42. The summed E-state index contributed by atoms with van der Waals surface area (Å²) in [5.41, 5.74) is 4.15. The highest BCUT2D eigenvalue weighted by atomic mass is 35.5. The Balaban J connectivity index is 1.85. The van der Waals surface area contributed by atoms with E-state index in [1.54, 1.807) is 7.11 Å². The highest BCUT2D eigenvalue weighted by molar-refractivity contribution is 6.36. The van der Waals surface area contributed by atoms with Crippen LogP contribution in [-0.4, -0.2) is 12.1 Å².